The van der Waals surface area contributed by atoms with Gasteiger partial charge in [0.15, 0.2) is 0 Å². The van der Waals surface area contributed by atoms with Crippen LogP contribution in [0.3, 0.4) is 0 Å². The van der Waals surface area contributed by atoms with E-state index in [1.165, 1.54) is 5.56 Å². The number of rotatable bonds is 6. The second kappa shape index (κ2) is 7.37. The molecule has 0 aromatic heterocycles. The molecule has 0 saturated heterocycles. The predicted octanol–water partition coefficient (Wildman–Crippen LogP) is 3.66. The molecule has 2 unspecified atom stereocenters. The van der Waals surface area contributed by atoms with Crippen LogP contribution in [0, 0.1) is 12.3 Å². The van der Waals surface area contributed by atoms with Crippen LogP contribution < -0.4 is 5.32 Å². The number of nitrogens with one attached hydrogen (secondary N) is 1. The fourth-order valence-electron chi connectivity index (χ4n) is 1.90. The highest BCUT2D eigenvalue weighted by atomic mass is 35.5. The zero-order chi connectivity index (χ0) is 12.7. The van der Waals surface area contributed by atoms with Crippen LogP contribution in [0.4, 0.5) is 0 Å². The van der Waals surface area contributed by atoms with Crippen LogP contribution in [0.25, 0.3) is 0 Å². The van der Waals surface area contributed by atoms with Gasteiger partial charge in [0, 0.05) is 23.5 Å². The number of hydrogen-bond donors (Lipinski definition) is 1. The van der Waals surface area contributed by atoms with Gasteiger partial charge >= 0.3 is 0 Å². The largest absolute Gasteiger partial charge is 0.310 e. The Labute approximate surface area is 110 Å². The number of benzene rings is 1. The summed E-state index contributed by atoms with van der Waals surface area (Å²) in [5.41, 5.74) is 1.30. The molecule has 0 spiro atoms. The smallest absolute Gasteiger partial charge is 0.0406 e. The SMILES string of the molecule is C#CCC(CC)NC(C)Cc1ccc(Cl)cc1. The Bertz CT molecular complexity index is 364. The lowest BCUT2D eigenvalue weighted by Gasteiger charge is -2.20. The minimum atomic E-state index is 0.419. The Morgan fingerprint density at radius 2 is 2.00 bits per heavy atom. The van der Waals surface area contributed by atoms with Gasteiger partial charge in [-0.3, -0.25) is 0 Å². The third-order valence-electron chi connectivity index (χ3n) is 2.83. The first-order chi connectivity index (χ1) is 8.15. The predicted molar refractivity (Wildman–Crippen MR) is 75.3 cm³/mol. The normalized spacial score (nSPS) is 14.0. The molecule has 1 aromatic carbocycles. The van der Waals surface area contributed by atoms with Gasteiger partial charge in [0.25, 0.3) is 0 Å². The second-order valence-corrected chi connectivity index (χ2v) is 4.85. The number of halogens is 1. The van der Waals surface area contributed by atoms with E-state index in [-0.39, 0.29) is 0 Å². The first kappa shape index (κ1) is 14.1. The van der Waals surface area contributed by atoms with Crippen LogP contribution in [0.1, 0.15) is 32.3 Å². The summed E-state index contributed by atoms with van der Waals surface area (Å²) in [5.74, 6) is 2.72. The van der Waals surface area contributed by atoms with Crippen molar-refractivity contribution in [3.63, 3.8) is 0 Å². The highest BCUT2D eigenvalue weighted by Crippen LogP contribution is 2.11. The fourth-order valence-corrected chi connectivity index (χ4v) is 2.02. The maximum absolute atomic E-state index is 5.86. The lowest BCUT2D eigenvalue weighted by Crippen LogP contribution is -2.37. The highest BCUT2D eigenvalue weighted by Gasteiger charge is 2.09. The topological polar surface area (TPSA) is 12.0 Å². The van der Waals surface area contributed by atoms with E-state index in [0.717, 1.165) is 24.3 Å². The van der Waals surface area contributed by atoms with Gasteiger partial charge in [-0.15, -0.1) is 12.3 Å². The molecule has 0 saturated carbocycles. The van der Waals surface area contributed by atoms with Gasteiger partial charge in [-0.25, -0.2) is 0 Å². The van der Waals surface area contributed by atoms with Crippen LogP contribution in [-0.4, -0.2) is 12.1 Å². The Morgan fingerprint density at radius 3 is 2.53 bits per heavy atom. The Kier molecular flexibility index (Phi) is 6.11. The molecule has 0 bridgehead atoms. The summed E-state index contributed by atoms with van der Waals surface area (Å²) < 4.78 is 0. The van der Waals surface area contributed by atoms with Crippen molar-refractivity contribution in [1.82, 2.24) is 5.32 Å². The highest BCUT2D eigenvalue weighted by molar-refractivity contribution is 6.30. The first-order valence-electron chi connectivity index (χ1n) is 6.09. The van der Waals surface area contributed by atoms with Crippen molar-refractivity contribution in [3.8, 4) is 12.3 Å². The second-order valence-electron chi connectivity index (χ2n) is 4.41. The van der Waals surface area contributed by atoms with E-state index in [0.29, 0.717) is 12.1 Å². The average molecular weight is 250 g/mol. The number of hydrogen-bond acceptors (Lipinski definition) is 1. The van der Waals surface area contributed by atoms with Crippen molar-refractivity contribution in [2.75, 3.05) is 0 Å². The summed E-state index contributed by atoms with van der Waals surface area (Å²) in [5, 5.41) is 4.34. The Morgan fingerprint density at radius 1 is 1.35 bits per heavy atom. The molecule has 0 heterocycles. The maximum Gasteiger partial charge on any atom is 0.0406 e. The molecule has 1 aromatic rings. The lowest BCUT2D eigenvalue weighted by atomic mass is 10.0. The summed E-state index contributed by atoms with van der Waals surface area (Å²) in [6.07, 6.45) is 8.20. The summed E-state index contributed by atoms with van der Waals surface area (Å²) in [6.45, 7) is 4.35. The van der Waals surface area contributed by atoms with E-state index >= 15 is 0 Å². The van der Waals surface area contributed by atoms with Crippen LogP contribution in [0.5, 0.6) is 0 Å². The van der Waals surface area contributed by atoms with Gasteiger partial charge in [-0.05, 0) is 37.5 Å². The van der Waals surface area contributed by atoms with Crippen LogP contribution in [0.15, 0.2) is 24.3 Å². The van der Waals surface area contributed by atoms with Crippen molar-refractivity contribution >= 4 is 11.6 Å². The molecule has 0 radical (unpaired) electrons. The number of terminal acetylenes is 1. The lowest BCUT2D eigenvalue weighted by molar-refractivity contribution is 0.437. The van der Waals surface area contributed by atoms with E-state index < -0.39 is 0 Å². The van der Waals surface area contributed by atoms with Crippen LogP contribution >= 0.6 is 11.6 Å². The molecule has 2 heteroatoms. The molecule has 2 atom stereocenters. The molecule has 0 aliphatic rings. The maximum atomic E-state index is 5.86. The molecule has 1 nitrogen and oxygen atoms in total. The van der Waals surface area contributed by atoms with Gasteiger partial charge in [0.1, 0.15) is 0 Å². The molecule has 0 amide bonds. The van der Waals surface area contributed by atoms with Crippen molar-refractivity contribution in [1.29, 1.82) is 0 Å². The molecule has 0 aliphatic carbocycles. The zero-order valence-electron chi connectivity index (χ0n) is 10.5. The average Bonchev–Trinajstić information content (AvgIpc) is 2.31. The summed E-state index contributed by atoms with van der Waals surface area (Å²) in [6, 6.07) is 8.85. The molecule has 17 heavy (non-hydrogen) atoms. The fraction of sp³-hybridized carbons (Fsp3) is 0.467. The molecular formula is C15H20ClN. The van der Waals surface area contributed by atoms with E-state index in [1.807, 2.05) is 12.1 Å². The van der Waals surface area contributed by atoms with Crippen molar-refractivity contribution in [3.05, 3.63) is 34.9 Å². The van der Waals surface area contributed by atoms with E-state index in [1.54, 1.807) is 0 Å². The van der Waals surface area contributed by atoms with Crippen LogP contribution in [-0.2, 0) is 6.42 Å². The minimum absolute atomic E-state index is 0.419. The standard InChI is InChI=1S/C15H20ClN/c1-4-6-15(5-2)17-12(3)11-13-7-9-14(16)10-8-13/h1,7-10,12,15,17H,5-6,11H2,2-3H3. The monoisotopic (exact) mass is 249 g/mol. The van der Waals surface area contributed by atoms with Crippen molar-refractivity contribution in [2.24, 2.45) is 0 Å². The molecular weight excluding hydrogens is 230 g/mol. The Balaban J connectivity index is 2.46. The van der Waals surface area contributed by atoms with Crippen molar-refractivity contribution in [2.45, 2.75) is 45.2 Å². The summed E-state index contributed by atoms with van der Waals surface area (Å²) in [4.78, 5) is 0. The minimum Gasteiger partial charge on any atom is -0.310 e. The van der Waals surface area contributed by atoms with E-state index in [2.05, 4.69) is 37.2 Å². The molecule has 92 valence electrons. The third kappa shape index (κ3) is 5.26. The Hall–Kier alpha value is -0.970. The molecule has 0 aliphatic heterocycles. The first-order valence-corrected chi connectivity index (χ1v) is 6.47. The molecule has 1 N–H and O–H groups in total. The van der Waals surface area contributed by atoms with E-state index in [4.69, 9.17) is 18.0 Å². The quantitative estimate of drug-likeness (QED) is 0.759. The third-order valence-corrected chi connectivity index (χ3v) is 3.08. The van der Waals surface area contributed by atoms with Gasteiger partial charge in [0.05, 0.1) is 0 Å². The van der Waals surface area contributed by atoms with Gasteiger partial charge < -0.3 is 5.32 Å². The molecule has 1 rings (SSSR count). The van der Waals surface area contributed by atoms with Gasteiger partial charge in [-0.2, -0.15) is 0 Å². The van der Waals surface area contributed by atoms with Crippen LogP contribution in [0.2, 0.25) is 5.02 Å². The van der Waals surface area contributed by atoms with Gasteiger partial charge in [-0.1, -0.05) is 30.7 Å². The summed E-state index contributed by atoms with van der Waals surface area (Å²) in [7, 11) is 0. The molecule has 0 fully saturated rings. The van der Waals surface area contributed by atoms with Gasteiger partial charge in [0.2, 0.25) is 0 Å². The van der Waals surface area contributed by atoms with Crippen molar-refractivity contribution < 1.29 is 0 Å². The summed E-state index contributed by atoms with van der Waals surface area (Å²) >= 11 is 5.86. The zero-order valence-corrected chi connectivity index (χ0v) is 11.3. The van der Waals surface area contributed by atoms with E-state index in [9.17, 15) is 0 Å².